The molecule has 0 bridgehead atoms. The Kier molecular flexibility index (Phi) is 4.34. The van der Waals surface area contributed by atoms with Gasteiger partial charge in [0.15, 0.2) is 17.4 Å². The Morgan fingerprint density at radius 1 is 1.06 bits per heavy atom. The first-order valence-corrected chi connectivity index (χ1v) is 10.8. The number of ketones is 1. The zero-order valence-electron chi connectivity index (χ0n) is 17.1. The standard InChI is InChI=1S/C23H14FN7OS/c1-11(32)17-2-3-18(33-17)22-21-16(4-5-27-22)28-23(29-21)20-14-6-12(13-8-25-10-26-9-13)7-15(24)19(14)30-31-20/h2-10H,1H3,(H,28,29)(H,30,31). The number of H-pyrrole nitrogens is 2. The van der Waals surface area contributed by atoms with Crippen LogP contribution in [0.25, 0.3) is 55.2 Å². The van der Waals surface area contributed by atoms with Gasteiger partial charge in [-0.3, -0.25) is 14.9 Å². The van der Waals surface area contributed by atoms with Crippen LogP contribution in [0.1, 0.15) is 16.6 Å². The number of imidazole rings is 1. The summed E-state index contributed by atoms with van der Waals surface area (Å²) in [7, 11) is 0. The van der Waals surface area contributed by atoms with Gasteiger partial charge >= 0.3 is 0 Å². The first-order valence-electron chi connectivity index (χ1n) is 9.98. The molecule has 0 atom stereocenters. The molecule has 0 aliphatic heterocycles. The van der Waals surface area contributed by atoms with Crippen molar-refractivity contribution in [1.82, 2.24) is 35.1 Å². The van der Waals surface area contributed by atoms with Crippen LogP contribution < -0.4 is 0 Å². The Balaban J connectivity index is 1.51. The lowest BCUT2D eigenvalue weighted by Gasteiger charge is -2.02. The summed E-state index contributed by atoms with van der Waals surface area (Å²) in [6.45, 7) is 1.54. The van der Waals surface area contributed by atoms with Crippen molar-refractivity contribution in [3.8, 4) is 33.2 Å². The molecule has 0 fully saturated rings. The third-order valence-electron chi connectivity index (χ3n) is 5.33. The minimum Gasteiger partial charge on any atom is -0.337 e. The number of halogens is 1. The summed E-state index contributed by atoms with van der Waals surface area (Å²) >= 11 is 1.37. The number of aromatic nitrogens is 7. The number of Topliss-reactive ketones (excluding diaryl/α,β-unsaturated/α-hetero) is 1. The third kappa shape index (κ3) is 3.19. The fraction of sp³-hybridized carbons (Fsp3) is 0.0435. The largest absolute Gasteiger partial charge is 0.337 e. The highest BCUT2D eigenvalue weighted by Gasteiger charge is 2.19. The number of nitrogens with zero attached hydrogens (tertiary/aromatic N) is 5. The van der Waals surface area contributed by atoms with Gasteiger partial charge in [-0.15, -0.1) is 11.3 Å². The molecule has 0 aliphatic carbocycles. The zero-order valence-corrected chi connectivity index (χ0v) is 17.9. The van der Waals surface area contributed by atoms with E-state index in [1.54, 1.807) is 24.7 Å². The summed E-state index contributed by atoms with van der Waals surface area (Å²) in [5, 5.41) is 7.65. The van der Waals surface area contributed by atoms with E-state index in [0.29, 0.717) is 44.1 Å². The minimum absolute atomic E-state index is 0.00622. The Hall–Kier alpha value is -4.31. The molecular formula is C23H14FN7OS. The monoisotopic (exact) mass is 455 g/mol. The summed E-state index contributed by atoms with van der Waals surface area (Å²) in [6.07, 6.45) is 6.37. The Bertz CT molecular complexity index is 1670. The van der Waals surface area contributed by atoms with Crippen LogP contribution in [0.2, 0.25) is 0 Å². The van der Waals surface area contributed by atoms with Gasteiger partial charge in [-0.25, -0.2) is 19.3 Å². The Morgan fingerprint density at radius 2 is 1.91 bits per heavy atom. The first-order chi connectivity index (χ1) is 16.1. The number of carbonyl (C=O) groups excluding carboxylic acids is 1. The second kappa shape index (κ2) is 7.38. The van der Waals surface area contributed by atoms with Crippen molar-refractivity contribution in [3.05, 3.63) is 65.9 Å². The van der Waals surface area contributed by atoms with Gasteiger partial charge in [-0.2, -0.15) is 5.10 Å². The van der Waals surface area contributed by atoms with Crippen LogP contribution in [0, 0.1) is 5.82 Å². The van der Waals surface area contributed by atoms with E-state index >= 15 is 0 Å². The quantitative estimate of drug-likeness (QED) is 0.361. The number of hydrogen-bond donors (Lipinski definition) is 2. The average Bonchev–Trinajstić information content (AvgIpc) is 3.56. The van der Waals surface area contributed by atoms with E-state index in [1.807, 2.05) is 18.2 Å². The lowest BCUT2D eigenvalue weighted by molar-refractivity contribution is 0.102. The topological polar surface area (TPSA) is 113 Å². The van der Waals surface area contributed by atoms with Crippen molar-refractivity contribution in [2.45, 2.75) is 6.92 Å². The Morgan fingerprint density at radius 3 is 2.70 bits per heavy atom. The SMILES string of the molecule is CC(=O)c1ccc(-c2nccc3[nH]c(-c4[nH]nc5c(F)cc(-c6cncnc6)cc45)nc23)s1. The third-order valence-corrected chi connectivity index (χ3v) is 6.52. The van der Waals surface area contributed by atoms with Gasteiger partial charge in [0.2, 0.25) is 0 Å². The van der Waals surface area contributed by atoms with E-state index in [4.69, 9.17) is 4.98 Å². The van der Waals surface area contributed by atoms with Crippen molar-refractivity contribution >= 4 is 39.1 Å². The average molecular weight is 455 g/mol. The van der Waals surface area contributed by atoms with E-state index < -0.39 is 5.82 Å². The van der Waals surface area contributed by atoms with E-state index in [9.17, 15) is 9.18 Å². The molecule has 0 aliphatic rings. The van der Waals surface area contributed by atoms with Crippen LogP contribution in [-0.2, 0) is 0 Å². The van der Waals surface area contributed by atoms with Gasteiger partial charge in [0, 0.05) is 29.5 Å². The number of benzene rings is 1. The van der Waals surface area contributed by atoms with Gasteiger partial charge in [-0.05, 0) is 42.8 Å². The molecule has 160 valence electrons. The van der Waals surface area contributed by atoms with Gasteiger partial charge < -0.3 is 4.98 Å². The maximum absolute atomic E-state index is 14.8. The van der Waals surface area contributed by atoms with E-state index in [-0.39, 0.29) is 11.3 Å². The molecule has 0 saturated carbocycles. The number of thiophene rings is 1. The van der Waals surface area contributed by atoms with E-state index in [1.165, 1.54) is 30.7 Å². The predicted molar refractivity (Wildman–Crippen MR) is 123 cm³/mol. The summed E-state index contributed by atoms with van der Waals surface area (Å²) < 4.78 is 14.8. The Labute approximate surface area is 189 Å². The fourth-order valence-corrected chi connectivity index (χ4v) is 4.66. The number of nitrogens with one attached hydrogen (secondary N) is 2. The van der Waals surface area contributed by atoms with Gasteiger partial charge in [0.25, 0.3) is 0 Å². The van der Waals surface area contributed by atoms with E-state index in [2.05, 4.69) is 30.1 Å². The summed E-state index contributed by atoms with van der Waals surface area (Å²) in [5.41, 5.74) is 4.19. The molecule has 5 heterocycles. The van der Waals surface area contributed by atoms with Crippen LogP contribution in [-0.4, -0.2) is 40.9 Å². The van der Waals surface area contributed by atoms with Crippen molar-refractivity contribution in [3.63, 3.8) is 0 Å². The molecule has 5 aromatic heterocycles. The molecule has 0 radical (unpaired) electrons. The number of rotatable bonds is 4. The molecule has 0 amide bonds. The molecule has 0 unspecified atom stereocenters. The lowest BCUT2D eigenvalue weighted by Crippen LogP contribution is -1.86. The molecule has 2 N–H and O–H groups in total. The highest BCUT2D eigenvalue weighted by atomic mass is 32.1. The van der Waals surface area contributed by atoms with Crippen molar-refractivity contribution in [2.24, 2.45) is 0 Å². The number of hydrogen-bond acceptors (Lipinski definition) is 7. The summed E-state index contributed by atoms with van der Waals surface area (Å²) in [4.78, 5) is 33.8. The smallest absolute Gasteiger partial charge is 0.169 e. The lowest BCUT2D eigenvalue weighted by atomic mass is 10.1. The molecular weight excluding hydrogens is 441 g/mol. The van der Waals surface area contributed by atoms with Crippen LogP contribution in [0.3, 0.4) is 0 Å². The van der Waals surface area contributed by atoms with Crippen molar-refractivity contribution < 1.29 is 9.18 Å². The highest BCUT2D eigenvalue weighted by Crippen LogP contribution is 2.35. The van der Waals surface area contributed by atoms with Gasteiger partial charge in [0.05, 0.1) is 15.3 Å². The maximum Gasteiger partial charge on any atom is 0.169 e. The number of carbonyl (C=O) groups is 1. The van der Waals surface area contributed by atoms with Crippen LogP contribution in [0.4, 0.5) is 4.39 Å². The predicted octanol–water partition coefficient (Wildman–Crippen LogP) is 5.03. The molecule has 6 rings (SSSR count). The number of pyridine rings is 1. The second-order valence-corrected chi connectivity index (χ2v) is 8.52. The van der Waals surface area contributed by atoms with Crippen molar-refractivity contribution in [2.75, 3.05) is 0 Å². The van der Waals surface area contributed by atoms with Crippen molar-refractivity contribution in [1.29, 1.82) is 0 Å². The zero-order chi connectivity index (χ0) is 22.5. The minimum atomic E-state index is -0.456. The van der Waals surface area contributed by atoms with E-state index in [0.717, 1.165) is 10.4 Å². The normalized spacial score (nSPS) is 11.5. The van der Waals surface area contributed by atoms with Gasteiger partial charge in [0.1, 0.15) is 28.7 Å². The molecule has 8 nitrogen and oxygen atoms in total. The second-order valence-electron chi connectivity index (χ2n) is 7.44. The highest BCUT2D eigenvalue weighted by molar-refractivity contribution is 7.17. The molecule has 33 heavy (non-hydrogen) atoms. The summed E-state index contributed by atoms with van der Waals surface area (Å²) in [5.74, 6) is 0.0559. The molecule has 0 spiro atoms. The first kappa shape index (κ1) is 19.4. The van der Waals surface area contributed by atoms with Crippen LogP contribution >= 0.6 is 11.3 Å². The van der Waals surface area contributed by atoms with Crippen LogP contribution in [0.15, 0.2) is 55.2 Å². The van der Waals surface area contributed by atoms with Gasteiger partial charge in [-0.1, -0.05) is 0 Å². The fourth-order valence-electron chi connectivity index (χ4n) is 3.76. The molecule has 6 aromatic rings. The molecule has 0 saturated heterocycles. The maximum atomic E-state index is 14.8. The van der Waals surface area contributed by atoms with Crippen LogP contribution in [0.5, 0.6) is 0 Å². The summed E-state index contributed by atoms with van der Waals surface area (Å²) in [6, 6.07) is 8.72. The number of aromatic amines is 2. The molecule has 1 aromatic carbocycles. The molecule has 10 heteroatoms. The number of fused-ring (bicyclic) bond motifs is 2.